The van der Waals surface area contributed by atoms with Crippen molar-refractivity contribution in [3.8, 4) is 5.75 Å². The highest BCUT2D eigenvalue weighted by Crippen LogP contribution is 2.56. The molecule has 1 N–H and O–H groups in total. The molecule has 0 radical (unpaired) electrons. The van der Waals surface area contributed by atoms with Gasteiger partial charge in [0.1, 0.15) is 5.75 Å². The minimum absolute atomic E-state index is 0.0530. The molecule has 4 rings (SSSR count). The molecular formula is C23H30N2O4. The highest BCUT2D eigenvalue weighted by molar-refractivity contribution is 6.06. The number of carbonyl (C=O) groups excluding carboxylic acids is 3. The Kier molecular flexibility index (Phi) is 5.13. The maximum Gasteiger partial charge on any atom is 0.233 e. The van der Waals surface area contributed by atoms with Crippen LogP contribution in [0.5, 0.6) is 5.75 Å². The average molecular weight is 399 g/mol. The number of imide groups is 1. The number of likely N-dealkylation sites (tertiary alicyclic amines) is 1. The molecule has 2 aliphatic carbocycles. The quantitative estimate of drug-likeness (QED) is 0.745. The van der Waals surface area contributed by atoms with Crippen molar-refractivity contribution in [2.75, 3.05) is 19.0 Å². The number of aryl methyl sites for hydroxylation is 1. The van der Waals surface area contributed by atoms with Crippen molar-refractivity contribution in [1.82, 2.24) is 4.90 Å². The van der Waals surface area contributed by atoms with Crippen molar-refractivity contribution >= 4 is 23.4 Å². The first-order chi connectivity index (χ1) is 13.8. The first-order valence-corrected chi connectivity index (χ1v) is 10.7. The van der Waals surface area contributed by atoms with Gasteiger partial charge in [-0.3, -0.25) is 19.3 Å². The Morgan fingerprint density at radius 1 is 1.17 bits per heavy atom. The Morgan fingerprint density at radius 3 is 2.34 bits per heavy atom. The molecule has 156 valence electrons. The molecular weight excluding hydrogens is 368 g/mol. The maximum atomic E-state index is 12.8. The van der Waals surface area contributed by atoms with Crippen LogP contribution in [0.3, 0.4) is 0 Å². The van der Waals surface area contributed by atoms with E-state index in [-0.39, 0.29) is 48.4 Å². The Balaban J connectivity index is 1.40. The van der Waals surface area contributed by atoms with Gasteiger partial charge in [-0.05, 0) is 67.2 Å². The van der Waals surface area contributed by atoms with Crippen molar-refractivity contribution in [2.45, 2.75) is 52.4 Å². The predicted octanol–water partition coefficient (Wildman–Crippen LogP) is 3.49. The lowest BCUT2D eigenvalue weighted by Crippen LogP contribution is -2.35. The van der Waals surface area contributed by atoms with Crippen molar-refractivity contribution in [3.63, 3.8) is 0 Å². The Hall–Kier alpha value is -2.37. The monoisotopic (exact) mass is 398 g/mol. The lowest BCUT2D eigenvalue weighted by Gasteiger charge is -2.19. The lowest BCUT2D eigenvalue weighted by atomic mass is 9.81. The summed E-state index contributed by atoms with van der Waals surface area (Å²) in [7, 11) is 1.64. The molecule has 2 saturated carbocycles. The second kappa shape index (κ2) is 7.47. The zero-order valence-corrected chi connectivity index (χ0v) is 17.7. The van der Waals surface area contributed by atoms with Crippen molar-refractivity contribution in [3.05, 3.63) is 23.3 Å². The van der Waals surface area contributed by atoms with Crippen LogP contribution in [0.2, 0.25) is 0 Å². The van der Waals surface area contributed by atoms with Crippen LogP contribution in [-0.4, -0.2) is 36.3 Å². The molecule has 1 aliphatic heterocycles. The van der Waals surface area contributed by atoms with Gasteiger partial charge in [-0.1, -0.05) is 13.8 Å². The molecule has 29 heavy (non-hydrogen) atoms. The number of ether oxygens (including phenoxy) is 1. The summed E-state index contributed by atoms with van der Waals surface area (Å²) in [4.78, 5) is 39.4. The number of rotatable bonds is 6. The number of hydrogen-bond donors (Lipinski definition) is 1. The summed E-state index contributed by atoms with van der Waals surface area (Å²) in [5.41, 5.74) is 2.69. The fourth-order valence-corrected chi connectivity index (χ4v) is 5.58. The van der Waals surface area contributed by atoms with Crippen LogP contribution in [0.4, 0.5) is 5.69 Å². The van der Waals surface area contributed by atoms with E-state index in [0.717, 1.165) is 41.8 Å². The van der Waals surface area contributed by atoms with Crippen LogP contribution in [0.1, 0.15) is 56.6 Å². The van der Waals surface area contributed by atoms with Crippen molar-refractivity contribution in [1.29, 1.82) is 0 Å². The third-order valence-electron chi connectivity index (χ3n) is 7.05. The highest BCUT2D eigenvalue weighted by Gasteiger charge is 2.60. The van der Waals surface area contributed by atoms with Gasteiger partial charge < -0.3 is 10.1 Å². The number of methoxy groups -OCH3 is 1. The normalized spacial score (nSPS) is 27.7. The van der Waals surface area contributed by atoms with Gasteiger partial charge in [0.2, 0.25) is 17.7 Å². The summed E-state index contributed by atoms with van der Waals surface area (Å²) in [5.74, 6) is 1.27. The fourth-order valence-electron chi connectivity index (χ4n) is 5.58. The number of nitrogens with one attached hydrogen (secondary N) is 1. The SMILES string of the molecule is COc1cc(C)c(NC(=O)CCN2C(=O)C3C4CCC(C4)C3C2=O)cc1C(C)C. The average Bonchev–Trinajstić information content (AvgIpc) is 3.35. The largest absolute Gasteiger partial charge is 0.496 e. The van der Waals surface area contributed by atoms with Gasteiger partial charge in [0.25, 0.3) is 0 Å². The molecule has 3 aliphatic rings. The van der Waals surface area contributed by atoms with Crippen LogP contribution in [-0.2, 0) is 14.4 Å². The first kappa shape index (κ1) is 19.9. The zero-order chi connectivity index (χ0) is 20.9. The molecule has 1 heterocycles. The van der Waals surface area contributed by atoms with Crippen molar-refractivity contribution in [2.24, 2.45) is 23.7 Å². The molecule has 1 aromatic rings. The molecule has 3 amide bonds. The standard InChI is InChI=1S/C23H30N2O4/c1-12(2)16-11-17(13(3)9-18(16)29-4)24-19(26)7-8-25-22(27)20-14-5-6-15(10-14)21(20)23(25)28/h9,11-12,14-15,20-21H,5-8,10H2,1-4H3,(H,24,26). The third-order valence-corrected chi connectivity index (χ3v) is 7.05. The summed E-state index contributed by atoms with van der Waals surface area (Å²) in [6.45, 7) is 6.25. The van der Waals surface area contributed by atoms with E-state index in [1.807, 2.05) is 19.1 Å². The molecule has 2 bridgehead atoms. The number of carbonyl (C=O) groups is 3. The number of fused-ring (bicyclic) bond motifs is 5. The van der Waals surface area contributed by atoms with Gasteiger partial charge >= 0.3 is 0 Å². The zero-order valence-electron chi connectivity index (χ0n) is 17.7. The minimum Gasteiger partial charge on any atom is -0.496 e. The summed E-state index contributed by atoms with van der Waals surface area (Å²) in [6.07, 6.45) is 3.27. The maximum absolute atomic E-state index is 12.8. The summed E-state index contributed by atoms with van der Waals surface area (Å²) < 4.78 is 5.45. The molecule has 1 aromatic carbocycles. The van der Waals surface area contributed by atoms with Crippen LogP contribution in [0.25, 0.3) is 0 Å². The van der Waals surface area contributed by atoms with Gasteiger partial charge in [0.05, 0.1) is 18.9 Å². The second-order valence-electron chi connectivity index (χ2n) is 9.07. The number of hydrogen-bond acceptors (Lipinski definition) is 4. The minimum atomic E-state index is -0.186. The molecule has 4 unspecified atom stereocenters. The van der Waals surface area contributed by atoms with Crippen LogP contribution < -0.4 is 10.1 Å². The summed E-state index contributed by atoms with van der Waals surface area (Å²) >= 11 is 0. The topological polar surface area (TPSA) is 75.7 Å². The van der Waals surface area contributed by atoms with E-state index in [2.05, 4.69) is 19.2 Å². The van der Waals surface area contributed by atoms with E-state index in [1.165, 1.54) is 4.90 Å². The molecule has 4 atom stereocenters. The lowest BCUT2D eigenvalue weighted by molar-refractivity contribution is -0.140. The summed E-state index contributed by atoms with van der Waals surface area (Å²) in [5, 5.41) is 2.95. The number of anilines is 1. The van der Waals surface area contributed by atoms with Crippen LogP contribution in [0.15, 0.2) is 12.1 Å². The van der Waals surface area contributed by atoms with Gasteiger partial charge in [-0.25, -0.2) is 0 Å². The van der Waals surface area contributed by atoms with Crippen LogP contribution >= 0.6 is 0 Å². The predicted molar refractivity (Wildman–Crippen MR) is 110 cm³/mol. The molecule has 0 spiro atoms. The smallest absolute Gasteiger partial charge is 0.233 e. The van der Waals surface area contributed by atoms with Gasteiger partial charge in [-0.2, -0.15) is 0 Å². The van der Waals surface area contributed by atoms with E-state index in [0.29, 0.717) is 11.8 Å². The fraction of sp³-hybridized carbons (Fsp3) is 0.609. The second-order valence-corrected chi connectivity index (χ2v) is 9.07. The van der Waals surface area contributed by atoms with E-state index in [9.17, 15) is 14.4 Å². The Labute approximate surface area is 172 Å². The van der Waals surface area contributed by atoms with Crippen LogP contribution in [0, 0.1) is 30.6 Å². The van der Waals surface area contributed by atoms with Gasteiger partial charge in [-0.15, -0.1) is 0 Å². The van der Waals surface area contributed by atoms with E-state index >= 15 is 0 Å². The number of benzene rings is 1. The van der Waals surface area contributed by atoms with E-state index in [4.69, 9.17) is 4.74 Å². The Bertz CT molecular complexity index is 835. The molecule has 1 saturated heterocycles. The van der Waals surface area contributed by atoms with E-state index < -0.39 is 0 Å². The summed E-state index contributed by atoms with van der Waals surface area (Å²) in [6, 6.07) is 3.88. The number of nitrogens with zero attached hydrogens (tertiary/aromatic N) is 1. The highest BCUT2D eigenvalue weighted by atomic mass is 16.5. The third kappa shape index (κ3) is 3.32. The van der Waals surface area contributed by atoms with Gasteiger partial charge in [0.15, 0.2) is 0 Å². The van der Waals surface area contributed by atoms with Gasteiger partial charge in [0, 0.05) is 18.7 Å². The molecule has 6 heteroatoms. The van der Waals surface area contributed by atoms with Crippen molar-refractivity contribution < 1.29 is 19.1 Å². The first-order valence-electron chi connectivity index (χ1n) is 10.7. The Morgan fingerprint density at radius 2 is 1.79 bits per heavy atom. The number of amides is 3. The molecule has 3 fully saturated rings. The molecule has 0 aromatic heterocycles. The van der Waals surface area contributed by atoms with E-state index in [1.54, 1.807) is 7.11 Å². The molecule has 6 nitrogen and oxygen atoms in total.